The van der Waals surface area contributed by atoms with Crippen LogP contribution < -0.4 is 0 Å². The van der Waals surface area contributed by atoms with Gasteiger partial charge in [0.15, 0.2) is 0 Å². The Labute approximate surface area is 90.0 Å². The Kier molecular flexibility index (Phi) is 3.22. The van der Waals surface area contributed by atoms with Gasteiger partial charge < -0.3 is 0 Å². The van der Waals surface area contributed by atoms with Crippen LogP contribution >= 0.6 is 11.6 Å². The molecule has 0 aliphatic carbocycles. The lowest BCUT2D eigenvalue weighted by atomic mass is 10.1. The summed E-state index contributed by atoms with van der Waals surface area (Å²) in [4.78, 5) is 2.41. The smallest absolute Gasteiger partial charge is 0.0404 e. The zero-order valence-corrected chi connectivity index (χ0v) is 8.87. The van der Waals surface area contributed by atoms with Gasteiger partial charge >= 0.3 is 0 Å². The van der Waals surface area contributed by atoms with Gasteiger partial charge in [-0.1, -0.05) is 36.4 Å². The molecule has 0 N–H and O–H groups in total. The lowest BCUT2D eigenvalue weighted by Crippen LogP contribution is -2.15. The van der Waals surface area contributed by atoms with Gasteiger partial charge in [0, 0.05) is 25.5 Å². The molecule has 0 unspecified atom stereocenters. The van der Waals surface area contributed by atoms with Crippen LogP contribution in [-0.2, 0) is 13.1 Å². The summed E-state index contributed by atoms with van der Waals surface area (Å²) in [5.74, 6) is 0.612. The molecule has 0 fully saturated rings. The van der Waals surface area contributed by atoms with Gasteiger partial charge in [0.2, 0.25) is 0 Å². The summed E-state index contributed by atoms with van der Waals surface area (Å²) in [7, 11) is 0. The third-order valence-electron chi connectivity index (χ3n) is 2.53. The van der Waals surface area contributed by atoms with Crippen LogP contribution in [0.4, 0.5) is 0 Å². The zero-order chi connectivity index (χ0) is 9.80. The Morgan fingerprint density at radius 1 is 1.14 bits per heavy atom. The molecule has 1 nitrogen and oxygen atoms in total. The largest absolute Gasteiger partial charge is 0.291 e. The Bertz CT molecular complexity index is 308. The summed E-state index contributed by atoms with van der Waals surface area (Å²) in [5, 5.41) is 0. The highest BCUT2D eigenvalue weighted by Crippen LogP contribution is 2.21. The molecule has 1 aliphatic rings. The summed E-state index contributed by atoms with van der Waals surface area (Å²) in [5.41, 5.74) is 2.93. The number of alkyl halides is 1. The maximum Gasteiger partial charge on any atom is 0.0404 e. The van der Waals surface area contributed by atoms with Crippen LogP contribution in [0, 0.1) is 0 Å². The molecule has 0 amide bonds. The van der Waals surface area contributed by atoms with E-state index in [2.05, 4.69) is 35.2 Å². The first-order valence-corrected chi connectivity index (χ1v) is 5.43. The standard InChI is InChI=1S/C12H14ClN/c13-7-3-4-8-14-9-11-5-1-2-6-12(11)10-14/h1-6H,7-10H2. The summed E-state index contributed by atoms with van der Waals surface area (Å²) in [6.45, 7) is 3.15. The van der Waals surface area contributed by atoms with Crippen LogP contribution in [0.2, 0.25) is 0 Å². The molecule has 0 atom stereocenters. The summed E-state index contributed by atoms with van der Waals surface area (Å²) in [6, 6.07) is 8.63. The number of allylic oxidation sites excluding steroid dienone is 1. The third kappa shape index (κ3) is 2.17. The fourth-order valence-electron chi connectivity index (χ4n) is 1.82. The first-order valence-electron chi connectivity index (χ1n) is 4.90. The molecule has 0 radical (unpaired) electrons. The van der Waals surface area contributed by atoms with Gasteiger partial charge in [-0.3, -0.25) is 4.90 Å². The second-order valence-corrected chi connectivity index (χ2v) is 3.87. The Hall–Kier alpha value is -0.790. The van der Waals surface area contributed by atoms with Crippen molar-refractivity contribution in [1.29, 1.82) is 0 Å². The summed E-state index contributed by atoms with van der Waals surface area (Å²) in [6.07, 6.45) is 4.14. The monoisotopic (exact) mass is 207 g/mol. The van der Waals surface area contributed by atoms with Crippen molar-refractivity contribution in [3.05, 3.63) is 47.5 Å². The molecule has 2 rings (SSSR count). The van der Waals surface area contributed by atoms with Gasteiger partial charge in [0.1, 0.15) is 0 Å². The molecule has 1 aromatic rings. The maximum atomic E-state index is 5.57. The van der Waals surface area contributed by atoms with E-state index in [0.717, 1.165) is 19.6 Å². The van der Waals surface area contributed by atoms with E-state index in [1.54, 1.807) is 0 Å². The van der Waals surface area contributed by atoms with Crippen molar-refractivity contribution >= 4 is 11.6 Å². The normalized spacial score (nSPS) is 16.4. The minimum Gasteiger partial charge on any atom is -0.291 e. The molecular formula is C12H14ClN. The van der Waals surface area contributed by atoms with Crippen molar-refractivity contribution in [2.45, 2.75) is 13.1 Å². The Morgan fingerprint density at radius 2 is 1.79 bits per heavy atom. The molecule has 1 aliphatic heterocycles. The van der Waals surface area contributed by atoms with E-state index in [0.29, 0.717) is 5.88 Å². The number of fused-ring (bicyclic) bond motifs is 1. The number of hydrogen-bond acceptors (Lipinski definition) is 1. The predicted molar refractivity (Wildman–Crippen MR) is 60.4 cm³/mol. The van der Waals surface area contributed by atoms with Crippen molar-refractivity contribution in [3.8, 4) is 0 Å². The third-order valence-corrected chi connectivity index (χ3v) is 2.70. The summed E-state index contributed by atoms with van der Waals surface area (Å²) < 4.78 is 0. The minimum atomic E-state index is 0.612. The molecular weight excluding hydrogens is 194 g/mol. The molecule has 0 saturated carbocycles. The van der Waals surface area contributed by atoms with Crippen molar-refractivity contribution < 1.29 is 0 Å². The van der Waals surface area contributed by atoms with E-state index >= 15 is 0 Å². The van der Waals surface area contributed by atoms with Crippen LogP contribution in [0.5, 0.6) is 0 Å². The van der Waals surface area contributed by atoms with E-state index in [9.17, 15) is 0 Å². The van der Waals surface area contributed by atoms with Crippen LogP contribution in [0.3, 0.4) is 0 Å². The quantitative estimate of drug-likeness (QED) is 0.544. The second kappa shape index (κ2) is 4.63. The lowest BCUT2D eigenvalue weighted by molar-refractivity contribution is 0.317. The van der Waals surface area contributed by atoms with Crippen molar-refractivity contribution in [3.63, 3.8) is 0 Å². The van der Waals surface area contributed by atoms with Gasteiger partial charge in [-0.15, -0.1) is 11.6 Å². The summed E-state index contributed by atoms with van der Waals surface area (Å²) >= 11 is 5.57. The number of rotatable bonds is 3. The molecule has 1 aromatic carbocycles. The first kappa shape index (κ1) is 9.75. The fourth-order valence-corrected chi connectivity index (χ4v) is 1.95. The van der Waals surface area contributed by atoms with Crippen LogP contribution in [-0.4, -0.2) is 17.3 Å². The molecule has 0 spiro atoms. The van der Waals surface area contributed by atoms with E-state index in [4.69, 9.17) is 11.6 Å². The fraction of sp³-hybridized carbons (Fsp3) is 0.333. The SMILES string of the molecule is ClCC=CCN1Cc2ccccc2C1. The molecule has 74 valence electrons. The average Bonchev–Trinajstić information content (AvgIpc) is 2.60. The van der Waals surface area contributed by atoms with Crippen LogP contribution in [0.15, 0.2) is 36.4 Å². The average molecular weight is 208 g/mol. The van der Waals surface area contributed by atoms with E-state index < -0.39 is 0 Å². The molecule has 0 saturated heterocycles. The zero-order valence-electron chi connectivity index (χ0n) is 8.12. The highest BCUT2D eigenvalue weighted by atomic mass is 35.5. The molecule has 0 aromatic heterocycles. The first-order chi connectivity index (χ1) is 6.90. The van der Waals surface area contributed by atoms with E-state index in [1.165, 1.54) is 11.1 Å². The number of halogens is 1. The molecule has 1 heterocycles. The Morgan fingerprint density at radius 3 is 2.36 bits per heavy atom. The minimum absolute atomic E-state index is 0.612. The number of benzene rings is 1. The van der Waals surface area contributed by atoms with Gasteiger partial charge in [-0.25, -0.2) is 0 Å². The van der Waals surface area contributed by atoms with Crippen LogP contribution in [0.25, 0.3) is 0 Å². The van der Waals surface area contributed by atoms with Gasteiger partial charge in [-0.2, -0.15) is 0 Å². The second-order valence-electron chi connectivity index (χ2n) is 3.56. The van der Waals surface area contributed by atoms with Crippen molar-refractivity contribution in [1.82, 2.24) is 4.90 Å². The highest BCUT2D eigenvalue weighted by molar-refractivity contribution is 6.18. The number of nitrogens with zero attached hydrogens (tertiary/aromatic N) is 1. The molecule has 14 heavy (non-hydrogen) atoms. The Balaban J connectivity index is 1.95. The maximum absolute atomic E-state index is 5.57. The van der Waals surface area contributed by atoms with Gasteiger partial charge in [-0.05, 0) is 11.1 Å². The predicted octanol–water partition coefficient (Wildman–Crippen LogP) is 2.80. The van der Waals surface area contributed by atoms with Crippen molar-refractivity contribution in [2.24, 2.45) is 0 Å². The topological polar surface area (TPSA) is 3.24 Å². The van der Waals surface area contributed by atoms with Gasteiger partial charge in [0.05, 0.1) is 0 Å². The van der Waals surface area contributed by atoms with Crippen LogP contribution in [0.1, 0.15) is 11.1 Å². The lowest BCUT2D eigenvalue weighted by Gasteiger charge is -2.10. The van der Waals surface area contributed by atoms with E-state index in [-0.39, 0.29) is 0 Å². The number of hydrogen-bond donors (Lipinski definition) is 0. The molecule has 0 bridgehead atoms. The van der Waals surface area contributed by atoms with Gasteiger partial charge in [0.25, 0.3) is 0 Å². The highest BCUT2D eigenvalue weighted by Gasteiger charge is 2.16. The molecule has 2 heteroatoms. The van der Waals surface area contributed by atoms with Crippen molar-refractivity contribution in [2.75, 3.05) is 12.4 Å². The van der Waals surface area contributed by atoms with E-state index in [1.807, 2.05) is 6.08 Å².